The van der Waals surface area contributed by atoms with Gasteiger partial charge in [-0.05, 0) is 49.5 Å². The van der Waals surface area contributed by atoms with Crippen LogP contribution in [0.3, 0.4) is 0 Å². The zero-order chi connectivity index (χ0) is 19.8. The summed E-state index contributed by atoms with van der Waals surface area (Å²) in [7, 11) is 0. The first-order valence-corrected chi connectivity index (χ1v) is 9.52. The van der Waals surface area contributed by atoms with Crippen molar-refractivity contribution in [3.63, 3.8) is 0 Å². The van der Waals surface area contributed by atoms with E-state index in [1.807, 2.05) is 6.92 Å². The number of hydrogen-bond donors (Lipinski definition) is 2. The molecule has 0 aromatic heterocycles. The molecular formula is C18H17Cl3N2O3S. The Bertz CT molecular complexity index is 833. The summed E-state index contributed by atoms with van der Waals surface area (Å²) in [5, 5.41) is 6.43. The largest absolute Gasteiger partial charge is 0.491 e. The molecule has 0 radical (unpaired) electrons. The smallest absolute Gasteiger partial charge is 0.257 e. The Labute approximate surface area is 177 Å². The predicted octanol–water partition coefficient (Wildman–Crippen LogP) is 5.19. The second kappa shape index (κ2) is 10.7. The Kier molecular flexibility index (Phi) is 8.60. The number of carbonyl (C=O) groups is 1. The van der Waals surface area contributed by atoms with Crippen molar-refractivity contribution in [2.75, 3.05) is 25.1 Å². The zero-order valence-electron chi connectivity index (χ0n) is 14.4. The summed E-state index contributed by atoms with van der Waals surface area (Å²) in [6.45, 7) is 3.41. The number of carbonyl (C=O) groups excluding carboxylic acids is 1. The molecule has 2 aromatic rings. The van der Waals surface area contributed by atoms with Crippen molar-refractivity contribution in [3.8, 4) is 5.75 Å². The van der Waals surface area contributed by atoms with Crippen molar-refractivity contribution < 1.29 is 14.3 Å². The molecule has 1 amide bonds. The molecule has 0 spiro atoms. The van der Waals surface area contributed by atoms with Gasteiger partial charge in [-0.1, -0.05) is 40.9 Å². The summed E-state index contributed by atoms with van der Waals surface area (Å²) in [4.78, 5) is 12.4. The fourth-order valence-electron chi connectivity index (χ4n) is 2.04. The fourth-order valence-corrected chi connectivity index (χ4v) is 2.83. The van der Waals surface area contributed by atoms with Crippen molar-refractivity contribution in [2.45, 2.75) is 6.92 Å². The monoisotopic (exact) mass is 446 g/mol. The number of anilines is 1. The normalized spacial score (nSPS) is 10.4. The Balaban J connectivity index is 1.96. The molecule has 0 saturated carbocycles. The van der Waals surface area contributed by atoms with E-state index in [1.165, 1.54) is 12.1 Å². The molecule has 0 aliphatic rings. The maximum Gasteiger partial charge on any atom is 0.257 e. The number of ether oxygens (including phenoxy) is 2. The lowest BCUT2D eigenvalue weighted by Gasteiger charge is -2.12. The molecule has 144 valence electrons. The Morgan fingerprint density at radius 2 is 1.81 bits per heavy atom. The summed E-state index contributed by atoms with van der Waals surface area (Å²) in [6.07, 6.45) is 0. The second-order valence-electron chi connectivity index (χ2n) is 5.23. The minimum Gasteiger partial charge on any atom is -0.491 e. The van der Waals surface area contributed by atoms with Crippen LogP contribution in [0.5, 0.6) is 5.75 Å². The van der Waals surface area contributed by atoms with Gasteiger partial charge in [-0.15, -0.1) is 0 Å². The number of hydrogen-bond acceptors (Lipinski definition) is 4. The van der Waals surface area contributed by atoms with Crippen LogP contribution in [-0.2, 0) is 4.74 Å². The molecule has 0 fully saturated rings. The molecule has 0 unspecified atom stereocenters. The van der Waals surface area contributed by atoms with Crippen molar-refractivity contribution in [1.29, 1.82) is 0 Å². The third-order valence-electron chi connectivity index (χ3n) is 3.28. The third-order valence-corrected chi connectivity index (χ3v) is 4.52. The van der Waals surface area contributed by atoms with E-state index in [2.05, 4.69) is 10.6 Å². The maximum atomic E-state index is 12.4. The van der Waals surface area contributed by atoms with Gasteiger partial charge in [0.2, 0.25) is 0 Å². The minimum absolute atomic E-state index is 0.0722. The van der Waals surface area contributed by atoms with Gasteiger partial charge < -0.3 is 14.8 Å². The van der Waals surface area contributed by atoms with Gasteiger partial charge in [-0.25, -0.2) is 0 Å². The molecule has 5 nitrogen and oxygen atoms in total. The van der Waals surface area contributed by atoms with Gasteiger partial charge in [0.15, 0.2) is 5.11 Å². The lowest BCUT2D eigenvalue weighted by molar-refractivity contribution is 0.0976. The summed E-state index contributed by atoms with van der Waals surface area (Å²) in [5.41, 5.74) is 0.831. The van der Waals surface area contributed by atoms with Gasteiger partial charge in [0, 0.05) is 12.2 Å². The molecule has 0 aliphatic carbocycles. The van der Waals surface area contributed by atoms with Gasteiger partial charge in [0.05, 0.1) is 27.4 Å². The third kappa shape index (κ3) is 6.83. The Hall–Kier alpha value is -1.57. The summed E-state index contributed by atoms with van der Waals surface area (Å²) < 4.78 is 10.8. The van der Waals surface area contributed by atoms with Crippen molar-refractivity contribution in [3.05, 3.63) is 57.0 Å². The molecule has 2 rings (SSSR count). The van der Waals surface area contributed by atoms with Crippen LogP contribution in [-0.4, -0.2) is 30.8 Å². The van der Waals surface area contributed by atoms with Crippen LogP contribution < -0.4 is 15.4 Å². The summed E-state index contributed by atoms with van der Waals surface area (Å²) >= 11 is 23.1. The number of nitrogens with one attached hydrogen (secondary N) is 2. The molecule has 0 atom stereocenters. The first-order chi connectivity index (χ1) is 12.9. The lowest BCUT2D eigenvalue weighted by Crippen LogP contribution is -2.34. The fraction of sp³-hybridized carbons (Fsp3) is 0.222. The highest BCUT2D eigenvalue weighted by atomic mass is 35.5. The number of rotatable bonds is 7. The molecule has 9 heteroatoms. The number of halogens is 3. The molecule has 2 N–H and O–H groups in total. The van der Waals surface area contributed by atoms with Crippen LogP contribution in [0.2, 0.25) is 15.1 Å². The van der Waals surface area contributed by atoms with Crippen LogP contribution in [0.15, 0.2) is 36.4 Å². The van der Waals surface area contributed by atoms with E-state index in [0.29, 0.717) is 51.9 Å². The SMILES string of the molecule is CCOCCOc1cccc(C(=O)NC(=S)Nc2cc(Cl)c(Cl)cc2Cl)c1. The second-order valence-corrected chi connectivity index (χ2v) is 6.86. The first kappa shape index (κ1) is 21.7. The number of amides is 1. The van der Waals surface area contributed by atoms with E-state index < -0.39 is 0 Å². The van der Waals surface area contributed by atoms with Gasteiger partial charge in [-0.2, -0.15) is 0 Å². The number of thiocarbonyl (C=S) groups is 1. The molecule has 0 aliphatic heterocycles. The van der Waals surface area contributed by atoms with Gasteiger partial charge in [0.25, 0.3) is 5.91 Å². The van der Waals surface area contributed by atoms with Crippen LogP contribution >= 0.6 is 47.0 Å². The van der Waals surface area contributed by atoms with E-state index in [0.717, 1.165) is 0 Å². The minimum atomic E-state index is -0.390. The molecule has 0 saturated heterocycles. The molecule has 0 heterocycles. The van der Waals surface area contributed by atoms with Crippen LogP contribution in [0.25, 0.3) is 0 Å². The van der Waals surface area contributed by atoms with Crippen molar-refractivity contribution in [2.24, 2.45) is 0 Å². The van der Waals surface area contributed by atoms with Crippen LogP contribution in [0, 0.1) is 0 Å². The Morgan fingerprint density at radius 1 is 1.07 bits per heavy atom. The van der Waals surface area contributed by atoms with Gasteiger partial charge >= 0.3 is 0 Å². The molecule has 27 heavy (non-hydrogen) atoms. The first-order valence-electron chi connectivity index (χ1n) is 7.98. The predicted molar refractivity (Wildman–Crippen MR) is 114 cm³/mol. The molecule has 0 bridgehead atoms. The van der Waals surface area contributed by atoms with Crippen LogP contribution in [0.4, 0.5) is 5.69 Å². The topological polar surface area (TPSA) is 59.6 Å². The average Bonchev–Trinajstić information content (AvgIpc) is 2.63. The quantitative estimate of drug-likeness (QED) is 0.347. The van der Waals surface area contributed by atoms with E-state index in [9.17, 15) is 4.79 Å². The number of benzene rings is 2. The highest BCUT2D eigenvalue weighted by Crippen LogP contribution is 2.32. The highest BCUT2D eigenvalue weighted by molar-refractivity contribution is 7.80. The molecule has 2 aromatic carbocycles. The summed E-state index contributed by atoms with van der Waals surface area (Å²) in [6, 6.07) is 9.76. The van der Waals surface area contributed by atoms with E-state index in [4.69, 9.17) is 56.5 Å². The van der Waals surface area contributed by atoms with Crippen LogP contribution in [0.1, 0.15) is 17.3 Å². The van der Waals surface area contributed by atoms with Gasteiger partial charge in [-0.3, -0.25) is 10.1 Å². The highest BCUT2D eigenvalue weighted by Gasteiger charge is 2.12. The molecular weight excluding hydrogens is 431 g/mol. The standard InChI is InChI=1S/C18H17Cl3N2O3S/c1-2-25-6-7-26-12-5-3-4-11(8-12)17(24)23-18(27)22-16-10-14(20)13(19)9-15(16)21/h3-5,8-10H,2,6-7H2,1H3,(H2,22,23,24,27). The maximum absolute atomic E-state index is 12.4. The summed E-state index contributed by atoms with van der Waals surface area (Å²) in [5.74, 6) is 0.174. The van der Waals surface area contributed by atoms with Crippen molar-refractivity contribution >= 4 is 63.7 Å². The Morgan fingerprint density at radius 3 is 2.56 bits per heavy atom. The lowest BCUT2D eigenvalue weighted by atomic mass is 10.2. The van der Waals surface area contributed by atoms with E-state index in [1.54, 1.807) is 24.3 Å². The van der Waals surface area contributed by atoms with Crippen molar-refractivity contribution in [1.82, 2.24) is 5.32 Å². The van der Waals surface area contributed by atoms with E-state index in [-0.39, 0.29) is 11.0 Å². The average molecular weight is 448 g/mol. The van der Waals surface area contributed by atoms with Gasteiger partial charge in [0.1, 0.15) is 12.4 Å². The van der Waals surface area contributed by atoms with E-state index >= 15 is 0 Å². The zero-order valence-corrected chi connectivity index (χ0v) is 17.4.